The number of sulfonamides is 1. The van der Waals surface area contributed by atoms with Crippen LogP contribution in [0.4, 0.5) is 4.39 Å². The number of amides is 2. The van der Waals surface area contributed by atoms with Crippen molar-refractivity contribution in [2.75, 3.05) is 46.3 Å². The summed E-state index contributed by atoms with van der Waals surface area (Å²) in [6, 6.07) is 3.30. The third-order valence-corrected chi connectivity index (χ3v) is 6.28. The number of carbonyl (C=O) groups excluding carboxylic acids is 2. The van der Waals surface area contributed by atoms with E-state index in [0.717, 1.165) is 17.0 Å². The number of piperazine rings is 1. The maximum atomic E-state index is 13.2. The van der Waals surface area contributed by atoms with Gasteiger partial charge in [-0.15, -0.1) is 0 Å². The largest absolute Gasteiger partial charge is 0.358 e. The highest BCUT2D eigenvalue weighted by molar-refractivity contribution is 7.89. The Bertz CT molecular complexity index is 782. The van der Waals surface area contributed by atoms with Gasteiger partial charge in [0.2, 0.25) is 15.9 Å². The van der Waals surface area contributed by atoms with Gasteiger partial charge in [0.05, 0.1) is 42.6 Å². The van der Waals surface area contributed by atoms with Crippen LogP contribution in [0.25, 0.3) is 0 Å². The Balaban J connectivity index is 1.90. The van der Waals surface area contributed by atoms with Crippen LogP contribution in [0.5, 0.6) is 0 Å². The first kappa shape index (κ1) is 20.6. The zero-order chi connectivity index (χ0) is 19.3. The second-order valence-electron chi connectivity index (χ2n) is 5.86. The Morgan fingerprint density at radius 1 is 1.27 bits per heavy atom. The van der Waals surface area contributed by atoms with Crippen molar-refractivity contribution in [3.05, 3.63) is 29.0 Å². The number of carbonyl (C=O) groups is 2. The number of halogens is 2. The van der Waals surface area contributed by atoms with Crippen LogP contribution in [0.3, 0.4) is 0 Å². The number of likely N-dealkylation sites (N-methyl/N-ethyl adjacent to an activating group) is 1. The fourth-order valence-electron chi connectivity index (χ4n) is 2.56. The first-order valence-electron chi connectivity index (χ1n) is 8.00. The van der Waals surface area contributed by atoms with Crippen molar-refractivity contribution in [1.82, 2.24) is 14.9 Å². The monoisotopic (exact) mass is 407 g/mol. The van der Waals surface area contributed by atoms with Gasteiger partial charge in [-0.25, -0.2) is 12.8 Å². The number of rotatable bonds is 6. The molecule has 0 spiro atoms. The summed E-state index contributed by atoms with van der Waals surface area (Å²) < 4.78 is 39.7. The Morgan fingerprint density at radius 2 is 1.92 bits per heavy atom. The van der Waals surface area contributed by atoms with E-state index < -0.39 is 15.8 Å². The number of nitrogens with one attached hydrogen (secondary N) is 3. The van der Waals surface area contributed by atoms with E-state index in [1.54, 1.807) is 0 Å². The van der Waals surface area contributed by atoms with Crippen LogP contribution >= 0.6 is 11.6 Å². The number of hydrogen-bond donors (Lipinski definition) is 3. The smallest absolute Gasteiger partial charge is 0.275 e. The molecule has 1 fully saturated rings. The summed E-state index contributed by atoms with van der Waals surface area (Å²) in [5.74, 6) is -1.24. The molecule has 1 aliphatic heterocycles. The molecule has 1 aromatic rings. The third-order valence-electron chi connectivity index (χ3n) is 4.09. The molecule has 8 nitrogen and oxygen atoms in total. The fraction of sp³-hybridized carbons (Fsp3) is 0.467. The summed E-state index contributed by atoms with van der Waals surface area (Å²) in [7, 11) is -2.28. The first-order valence-corrected chi connectivity index (χ1v) is 9.82. The topological polar surface area (TPSA) is 100 Å². The van der Waals surface area contributed by atoms with Crippen molar-refractivity contribution in [3.63, 3.8) is 0 Å². The van der Waals surface area contributed by atoms with E-state index in [-0.39, 0.29) is 47.9 Å². The van der Waals surface area contributed by atoms with Crippen molar-refractivity contribution < 1.29 is 27.3 Å². The average Bonchev–Trinajstić information content (AvgIpc) is 2.62. The van der Waals surface area contributed by atoms with Crippen LogP contribution < -0.4 is 15.5 Å². The minimum atomic E-state index is -3.76. The summed E-state index contributed by atoms with van der Waals surface area (Å²) in [6.07, 6.45) is 0. The lowest BCUT2D eigenvalue weighted by atomic mass is 10.3. The summed E-state index contributed by atoms with van der Waals surface area (Å²) in [6.45, 7) is 1.43. The summed E-state index contributed by atoms with van der Waals surface area (Å²) in [5.41, 5.74) is 0. The number of quaternary nitrogens is 1. The van der Waals surface area contributed by atoms with Crippen LogP contribution in [0.2, 0.25) is 5.02 Å². The van der Waals surface area contributed by atoms with Gasteiger partial charge in [-0.05, 0) is 18.2 Å². The van der Waals surface area contributed by atoms with Gasteiger partial charge in [0, 0.05) is 7.05 Å². The zero-order valence-electron chi connectivity index (χ0n) is 14.2. The molecule has 26 heavy (non-hydrogen) atoms. The van der Waals surface area contributed by atoms with Crippen LogP contribution in [0.1, 0.15) is 0 Å². The highest BCUT2D eigenvalue weighted by Gasteiger charge is 2.31. The standard InChI is InChI=1S/C15H20ClFN4O4S/c1-18-14(22)9-19-15(23)10-20-4-6-21(7-5-20)26(24,25)11-2-3-13(17)12(16)8-11/h2-3,8H,4-7,9-10H2,1H3,(H,18,22)(H,19,23)/p+1. The number of benzene rings is 1. The Labute approximate surface area is 156 Å². The van der Waals surface area contributed by atoms with Gasteiger partial charge in [-0.3, -0.25) is 9.59 Å². The molecule has 2 amide bonds. The molecular formula is C15H21ClFN4O4S+. The van der Waals surface area contributed by atoms with Crippen LogP contribution in [-0.2, 0) is 19.6 Å². The van der Waals surface area contributed by atoms with Gasteiger partial charge in [0.15, 0.2) is 6.54 Å². The van der Waals surface area contributed by atoms with E-state index in [9.17, 15) is 22.4 Å². The SMILES string of the molecule is CNC(=O)CNC(=O)C[NH+]1CCN(S(=O)(=O)c2ccc(F)c(Cl)c2)CC1. The number of hydrogen-bond acceptors (Lipinski definition) is 4. The lowest BCUT2D eigenvalue weighted by Gasteiger charge is -2.31. The molecule has 3 N–H and O–H groups in total. The van der Waals surface area contributed by atoms with E-state index in [4.69, 9.17) is 11.6 Å². The lowest BCUT2D eigenvalue weighted by molar-refractivity contribution is -0.895. The molecule has 2 rings (SSSR count). The first-order chi connectivity index (χ1) is 12.2. The second kappa shape index (κ2) is 8.76. The maximum Gasteiger partial charge on any atom is 0.275 e. The van der Waals surface area contributed by atoms with Gasteiger partial charge in [-0.2, -0.15) is 4.31 Å². The van der Waals surface area contributed by atoms with Gasteiger partial charge >= 0.3 is 0 Å². The molecule has 1 saturated heterocycles. The average molecular weight is 408 g/mol. The van der Waals surface area contributed by atoms with E-state index in [1.807, 2.05) is 0 Å². The minimum absolute atomic E-state index is 0.0596. The normalized spacial score (nSPS) is 16.3. The molecule has 1 aliphatic rings. The van der Waals surface area contributed by atoms with Gasteiger partial charge < -0.3 is 15.5 Å². The molecule has 0 atom stereocenters. The van der Waals surface area contributed by atoms with Gasteiger partial charge in [-0.1, -0.05) is 11.6 Å². The van der Waals surface area contributed by atoms with Crippen molar-refractivity contribution >= 4 is 33.4 Å². The molecule has 0 aliphatic carbocycles. The molecular weight excluding hydrogens is 387 g/mol. The predicted octanol–water partition coefficient (Wildman–Crippen LogP) is -1.77. The predicted molar refractivity (Wildman–Crippen MR) is 92.8 cm³/mol. The molecule has 1 heterocycles. The highest BCUT2D eigenvalue weighted by atomic mass is 35.5. The van der Waals surface area contributed by atoms with Crippen LogP contribution in [-0.4, -0.2) is 70.9 Å². The zero-order valence-corrected chi connectivity index (χ0v) is 15.8. The molecule has 144 valence electrons. The maximum absolute atomic E-state index is 13.2. The molecule has 0 unspecified atom stereocenters. The van der Waals surface area contributed by atoms with E-state index in [0.29, 0.717) is 13.1 Å². The fourth-order valence-corrected chi connectivity index (χ4v) is 4.28. The molecule has 0 radical (unpaired) electrons. The molecule has 11 heteroatoms. The highest BCUT2D eigenvalue weighted by Crippen LogP contribution is 2.22. The lowest BCUT2D eigenvalue weighted by Crippen LogP contribution is -3.15. The third kappa shape index (κ3) is 5.13. The summed E-state index contributed by atoms with van der Waals surface area (Å²) >= 11 is 5.67. The van der Waals surface area contributed by atoms with Crippen molar-refractivity contribution in [2.24, 2.45) is 0 Å². The molecule has 0 saturated carbocycles. The van der Waals surface area contributed by atoms with Crippen molar-refractivity contribution in [1.29, 1.82) is 0 Å². The molecule has 1 aromatic carbocycles. The Hall–Kier alpha value is -1.75. The Morgan fingerprint density at radius 3 is 2.50 bits per heavy atom. The molecule has 0 aromatic heterocycles. The van der Waals surface area contributed by atoms with Gasteiger partial charge in [0.25, 0.3) is 5.91 Å². The van der Waals surface area contributed by atoms with E-state index in [2.05, 4.69) is 10.6 Å². The molecule has 0 bridgehead atoms. The second-order valence-corrected chi connectivity index (χ2v) is 8.20. The quantitative estimate of drug-likeness (QED) is 0.519. The Kier molecular flexibility index (Phi) is 6.93. The minimum Gasteiger partial charge on any atom is -0.358 e. The van der Waals surface area contributed by atoms with E-state index >= 15 is 0 Å². The van der Waals surface area contributed by atoms with Gasteiger partial charge in [0.1, 0.15) is 5.82 Å². The van der Waals surface area contributed by atoms with E-state index in [1.165, 1.54) is 17.4 Å². The summed E-state index contributed by atoms with van der Waals surface area (Å²) in [5, 5.41) is 4.66. The number of nitrogens with zero attached hydrogens (tertiary/aromatic N) is 1. The van der Waals surface area contributed by atoms with Crippen molar-refractivity contribution in [2.45, 2.75) is 4.90 Å². The summed E-state index contributed by atoms with van der Waals surface area (Å²) in [4.78, 5) is 23.8. The van der Waals surface area contributed by atoms with Crippen LogP contribution in [0, 0.1) is 5.82 Å². The van der Waals surface area contributed by atoms with Crippen molar-refractivity contribution in [3.8, 4) is 0 Å². The van der Waals surface area contributed by atoms with Crippen LogP contribution in [0.15, 0.2) is 23.1 Å².